The van der Waals surface area contributed by atoms with Crippen LogP contribution in [0.4, 0.5) is 0 Å². The number of amides is 1. The van der Waals surface area contributed by atoms with E-state index in [0.29, 0.717) is 19.3 Å². The van der Waals surface area contributed by atoms with Crippen molar-refractivity contribution in [2.45, 2.75) is 173 Å². The van der Waals surface area contributed by atoms with Crippen molar-refractivity contribution in [2.75, 3.05) is 6.61 Å². The average Bonchev–Trinajstić information content (AvgIpc) is 2.98. The first-order valence-electron chi connectivity index (χ1n) is 16.9. The van der Waals surface area contributed by atoms with Crippen LogP contribution in [0.5, 0.6) is 0 Å². The smallest absolute Gasteiger partial charge is 0.249 e. The van der Waals surface area contributed by atoms with Crippen molar-refractivity contribution in [3.63, 3.8) is 0 Å². The molecule has 5 N–H and O–H groups in total. The Morgan fingerprint density at radius 3 is 1.56 bits per heavy atom. The molecular formula is C35H65NO5. The SMILES string of the molecule is CC/C=C/CC/C=C/CC/C=C/CCCC(O)C(O)C(CO)NC(=O)C(O)CCCCCCCCCCCCCC. The van der Waals surface area contributed by atoms with Crippen LogP contribution in [0.25, 0.3) is 0 Å². The Bertz CT molecular complexity index is 663. The van der Waals surface area contributed by atoms with Gasteiger partial charge in [-0.1, -0.05) is 127 Å². The van der Waals surface area contributed by atoms with Crippen molar-refractivity contribution in [1.29, 1.82) is 0 Å². The molecule has 0 radical (unpaired) electrons. The van der Waals surface area contributed by atoms with E-state index >= 15 is 0 Å². The minimum atomic E-state index is -1.29. The van der Waals surface area contributed by atoms with E-state index in [9.17, 15) is 25.2 Å². The molecule has 0 aliphatic heterocycles. The summed E-state index contributed by atoms with van der Waals surface area (Å²) < 4.78 is 0. The van der Waals surface area contributed by atoms with Crippen LogP contribution in [-0.2, 0) is 4.79 Å². The zero-order chi connectivity index (χ0) is 30.4. The van der Waals surface area contributed by atoms with Crippen LogP contribution in [-0.4, -0.2) is 57.3 Å². The Hall–Kier alpha value is -1.47. The van der Waals surface area contributed by atoms with Crippen molar-refractivity contribution in [3.8, 4) is 0 Å². The lowest BCUT2D eigenvalue weighted by molar-refractivity contribution is -0.132. The molecule has 0 heterocycles. The lowest BCUT2D eigenvalue weighted by Crippen LogP contribution is -2.53. The molecule has 0 aromatic rings. The van der Waals surface area contributed by atoms with Crippen molar-refractivity contribution < 1.29 is 25.2 Å². The first-order chi connectivity index (χ1) is 20.0. The first-order valence-corrected chi connectivity index (χ1v) is 16.9. The molecule has 1 amide bonds. The fourth-order valence-electron chi connectivity index (χ4n) is 4.85. The molecule has 6 heteroatoms. The van der Waals surface area contributed by atoms with E-state index in [1.54, 1.807) is 0 Å². The minimum Gasteiger partial charge on any atom is -0.394 e. The van der Waals surface area contributed by atoms with E-state index in [1.807, 2.05) is 0 Å². The number of hydrogen-bond donors (Lipinski definition) is 5. The second kappa shape index (κ2) is 30.0. The van der Waals surface area contributed by atoms with E-state index in [0.717, 1.165) is 57.8 Å². The summed E-state index contributed by atoms with van der Waals surface area (Å²) >= 11 is 0. The molecule has 6 nitrogen and oxygen atoms in total. The summed E-state index contributed by atoms with van der Waals surface area (Å²) in [4.78, 5) is 12.4. The van der Waals surface area contributed by atoms with Gasteiger partial charge in [0.05, 0.1) is 18.8 Å². The van der Waals surface area contributed by atoms with Crippen LogP contribution in [0, 0.1) is 0 Å². The van der Waals surface area contributed by atoms with Gasteiger partial charge in [-0.2, -0.15) is 0 Å². The lowest BCUT2D eigenvalue weighted by atomic mass is 10.00. The second-order valence-corrected chi connectivity index (χ2v) is 11.5. The van der Waals surface area contributed by atoms with E-state index in [-0.39, 0.29) is 0 Å². The summed E-state index contributed by atoms with van der Waals surface area (Å²) in [7, 11) is 0. The molecular weight excluding hydrogens is 514 g/mol. The summed E-state index contributed by atoms with van der Waals surface area (Å²) in [6.45, 7) is 3.88. The Balaban J connectivity index is 3.95. The van der Waals surface area contributed by atoms with Crippen molar-refractivity contribution in [1.82, 2.24) is 5.32 Å². The maximum atomic E-state index is 12.4. The second-order valence-electron chi connectivity index (χ2n) is 11.5. The van der Waals surface area contributed by atoms with Crippen LogP contribution in [0.2, 0.25) is 0 Å². The quantitative estimate of drug-likeness (QED) is 0.0467. The zero-order valence-corrected chi connectivity index (χ0v) is 26.5. The molecule has 4 atom stereocenters. The third-order valence-corrected chi connectivity index (χ3v) is 7.57. The largest absolute Gasteiger partial charge is 0.394 e. The van der Waals surface area contributed by atoms with Crippen molar-refractivity contribution in [2.24, 2.45) is 0 Å². The van der Waals surface area contributed by atoms with Gasteiger partial charge in [-0.15, -0.1) is 0 Å². The summed E-state index contributed by atoms with van der Waals surface area (Å²) in [6, 6.07) is -1.01. The number of hydrogen-bond acceptors (Lipinski definition) is 5. The van der Waals surface area contributed by atoms with Gasteiger partial charge in [0.1, 0.15) is 12.2 Å². The van der Waals surface area contributed by atoms with Crippen LogP contribution >= 0.6 is 0 Å². The normalized spacial score (nSPS) is 15.2. The van der Waals surface area contributed by atoms with Gasteiger partial charge in [-0.05, 0) is 57.8 Å². The molecule has 0 aliphatic rings. The van der Waals surface area contributed by atoms with Gasteiger partial charge in [0.15, 0.2) is 0 Å². The zero-order valence-electron chi connectivity index (χ0n) is 26.5. The number of aliphatic hydroxyl groups excluding tert-OH is 4. The number of rotatable bonds is 29. The molecule has 0 saturated heterocycles. The first kappa shape index (κ1) is 39.5. The Morgan fingerprint density at radius 2 is 1.07 bits per heavy atom. The molecule has 0 fully saturated rings. The Morgan fingerprint density at radius 1 is 0.610 bits per heavy atom. The Labute approximate surface area is 252 Å². The minimum absolute atomic E-state index is 0.360. The number of allylic oxidation sites excluding steroid dienone is 6. The highest BCUT2D eigenvalue weighted by molar-refractivity contribution is 5.80. The fourth-order valence-corrected chi connectivity index (χ4v) is 4.85. The van der Waals surface area contributed by atoms with E-state index in [2.05, 4.69) is 55.6 Å². The van der Waals surface area contributed by atoms with E-state index < -0.39 is 36.9 Å². The highest BCUT2D eigenvalue weighted by Gasteiger charge is 2.28. The maximum Gasteiger partial charge on any atom is 0.249 e. The predicted molar refractivity (Wildman–Crippen MR) is 173 cm³/mol. The summed E-state index contributed by atoms with van der Waals surface area (Å²) in [5.74, 6) is -0.604. The highest BCUT2D eigenvalue weighted by Crippen LogP contribution is 2.14. The van der Waals surface area contributed by atoms with Crippen LogP contribution in [0.15, 0.2) is 36.5 Å². The molecule has 0 aliphatic carbocycles. The van der Waals surface area contributed by atoms with Crippen molar-refractivity contribution >= 4 is 5.91 Å². The standard InChI is InChI=1S/C35H65NO5/c1-3-5-7-9-11-13-15-17-19-20-22-24-26-28-32(38)34(40)31(30-37)36-35(41)33(39)29-27-25-23-21-18-16-14-12-10-8-6-4-2/h5,7,13,15,20,22,31-34,37-40H,3-4,6,8-12,14,16-19,21,23-30H2,1-2H3,(H,36,41)/b7-5+,15-13+,22-20+. The number of unbranched alkanes of at least 4 members (excludes halogenated alkanes) is 14. The van der Waals surface area contributed by atoms with E-state index in [4.69, 9.17) is 0 Å². The molecule has 0 bridgehead atoms. The molecule has 240 valence electrons. The summed E-state index contributed by atoms with van der Waals surface area (Å²) in [5, 5.41) is 43.2. The lowest BCUT2D eigenvalue weighted by Gasteiger charge is -2.27. The molecule has 0 spiro atoms. The highest BCUT2D eigenvalue weighted by atomic mass is 16.3. The van der Waals surface area contributed by atoms with Crippen molar-refractivity contribution in [3.05, 3.63) is 36.5 Å². The average molecular weight is 580 g/mol. The van der Waals surface area contributed by atoms with Gasteiger partial charge < -0.3 is 25.7 Å². The predicted octanol–water partition coefficient (Wildman–Crippen LogP) is 7.45. The third-order valence-electron chi connectivity index (χ3n) is 7.57. The molecule has 41 heavy (non-hydrogen) atoms. The van der Waals surface area contributed by atoms with Gasteiger partial charge >= 0.3 is 0 Å². The van der Waals surface area contributed by atoms with Gasteiger partial charge in [0.25, 0.3) is 0 Å². The monoisotopic (exact) mass is 579 g/mol. The number of carbonyl (C=O) groups excluding carboxylic acids is 1. The van der Waals surface area contributed by atoms with E-state index in [1.165, 1.54) is 57.8 Å². The summed E-state index contributed by atoms with van der Waals surface area (Å²) in [6.07, 6.45) is 31.6. The number of nitrogens with one attached hydrogen (secondary N) is 1. The Kier molecular flexibility index (Phi) is 28.9. The van der Waals surface area contributed by atoms with Gasteiger partial charge in [0, 0.05) is 0 Å². The number of carbonyl (C=O) groups is 1. The molecule has 0 rings (SSSR count). The molecule has 0 saturated carbocycles. The third kappa shape index (κ3) is 24.8. The van der Waals surface area contributed by atoms with Crippen LogP contribution < -0.4 is 5.32 Å². The molecule has 0 aromatic heterocycles. The molecule has 0 aromatic carbocycles. The molecule has 4 unspecified atom stereocenters. The van der Waals surface area contributed by atoms with Gasteiger partial charge in [0.2, 0.25) is 5.91 Å². The van der Waals surface area contributed by atoms with Crippen LogP contribution in [0.3, 0.4) is 0 Å². The number of aliphatic hydroxyl groups is 4. The van der Waals surface area contributed by atoms with Crippen LogP contribution in [0.1, 0.15) is 149 Å². The van der Waals surface area contributed by atoms with Gasteiger partial charge in [-0.25, -0.2) is 0 Å². The van der Waals surface area contributed by atoms with Gasteiger partial charge in [-0.3, -0.25) is 4.79 Å². The maximum absolute atomic E-state index is 12.4. The summed E-state index contributed by atoms with van der Waals surface area (Å²) in [5.41, 5.74) is 0. The fraction of sp³-hybridized carbons (Fsp3) is 0.800. The topological polar surface area (TPSA) is 110 Å².